The van der Waals surface area contributed by atoms with Crippen LogP contribution >= 0.6 is 0 Å². The van der Waals surface area contributed by atoms with Gasteiger partial charge in [-0.05, 0) is 71.3 Å². The van der Waals surface area contributed by atoms with Crippen molar-refractivity contribution in [3.8, 4) is 33.4 Å². The van der Waals surface area contributed by atoms with Crippen molar-refractivity contribution in [2.75, 3.05) is 5.32 Å². The van der Waals surface area contributed by atoms with Crippen LogP contribution in [-0.2, 0) is 7.05 Å². The van der Waals surface area contributed by atoms with Gasteiger partial charge in [0.05, 0.1) is 5.52 Å². The molecule has 1 aliphatic rings. The minimum atomic E-state index is 1.16. The van der Waals surface area contributed by atoms with Crippen LogP contribution in [0.5, 0.6) is 0 Å². The summed E-state index contributed by atoms with van der Waals surface area (Å²) < 4.78 is 2.37. The summed E-state index contributed by atoms with van der Waals surface area (Å²) in [5.41, 5.74) is 14.9. The zero-order chi connectivity index (χ0) is 26.2. The summed E-state index contributed by atoms with van der Waals surface area (Å²) in [5, 5.41) is 9.00. The summed E-state index contributed by atoms with van der Waals surface area (Å²) in [6.45, 7) is 4.27. The highest BCUT2D eigenvalue weighted by Gasteiger charge is 2.23. The predicted molar refractivity (Wildman–Crippen MR) is 167 cm³/mol. The fraction of sp³-hybridized carbons (Fsp3) is 0.0811. The summed E-state index contributed by atoms with van der Waals surface area (Å²) >= 11 is 0. The Morgan fingerprint density at radius 3 is 1.85 bits per heavy atom. The van der Waals surface area contributed by atoms with E-state index < -0.39 is 0 Å². The second-order valence-corrected chi connectivity index (χ2v) is 11.0. The van der Waals surface area contributed by atoms with Gasteiger partial charge in [0.1, 0.15) is 0 Å². The first-order valence-corrected chi connectivity index (χ1v) is 13.6. The van der Waals surface area contributed by atoms with Crippen molar-refractivity contribution >= 4 is 44.0 Å². The molecule has 0 aliphatic carbocycles. The molecule has 1 aromatic heterocycles. The van der Waals surface area contributed by atoms with E-state index in [1.165, 1.54) is 82.8 Å². The topological polar surface area (TPSA) is 17.0 Å². The van der Waals surface area contributed by atoms with Gasteiger partial charge in [-0.25, -0.2) is 0 Å². The van der Waals surface area contributed by atoms with Crippen LogP contribution in [0.4, 0.5) is 11.4 Å². The highest BCUT2D eigenvalue weighted by atomic mass is 14.9. The van der Waals surface area contributed by atoms with E-state index in [9.17, 15) is 0 Å². The molecule has 0 atom stereocenters. The van der Waals surface area contributed by atoms with E-state index in [1.54, 1.807) is 0 Å². The molecule has 0 radical (unpaired) electrons. The number of nitrogens with one attached hydrogen (secondary N) is 1. The van der Waals surface area contributed by atoms with Crippen LogP contribution in [0.2, 0.25) is 0 Å². The summed E-state index contributed by atoms with van der Waals surface area (Å²) in [6, 6.07) is 40.4. The van der Waals surface area contributed by atoms with Crippen molar-refractivity contribution in [1.29, 1.82) is 0 Å². The van der Waals surface area contributed by atoms with Crippen molar-refractivity contribution in [3.63, 3.8) is 0 Å². The number of hydrogen-bond acceptors (Lipinski definition) is 1. The Morgan fingerprint density at radius 1 is 0.487 bits per heavy atom. The van der Waals surface area contributed by atoms with Crippen LogP contribution in [0.25, 0.3) is 66.0 Å². The lowest BCUT2D eigenvalue weighted by Crippen LogP contribution is -2.02. The summed E-state index contributed by atoms with van der Waals surface area (Å²) in [6.07, 6.45) is 0. The van der Waals surface area contributed by atoms with Gasteiger partial charge in [0.15, 0.2) is 0 Å². The van der Waals surface area contributed by atoms with Crippen molar-refractivity contribution in [3.05, 3.63) is 120 Å². The molecule has 0 amide bonds. The zero-order valence-electron chi connectivity index (χ0n) is 22.3. The van der Waals surface area contributed by atoms with Gasteiger partial charge in [0.25, 0.3) is 0 Å². The first kappa shape index (κ1) is 22.2. The van der Waals surface area contributed by atoms with Gasteiger partial charge in [-0.3, -0.25) is 0 Å². The number of aryl methyl sites for hydroxylation is 3. The molecule has 2 nitrogen and oxygen atoms in total. The van der Waals surface area contributed by atoms with Gasteiger partial charge in [-0.15, -0.1) is 0 Å². The highest BCUT2D eigenvalue weighted by Crippen LogP contribution is 2.49. The molecule has 1 aliphatic heterocycles. The molecule has 39 heavy (non-hydrogen) atoms. The number of hydrogen-bond donors (Lipinski definition) is 1. The van der Waals surface area contributed by atoms with E-state index in [2.05, 4.69) is 140 Å². The molecule has 6 aromatic carbocycles. The zero-order valence-corrected chi connectivity index (χ0v) is 22.3. The van der Waals surface area contributed by atoms with Crippen molar-refractivity contribution in [2.24, 2.45) is 7.05 Å². The Labute approximate surface area is 228 Å². The number of aromatic nitrogens is 1. The average Bonchev–Trinajstić information content (AvgIpc) is 3.25. The van der Waals surface area contributed by atoms with Gasteiger partial charge in [-0.1, -0.05) is 96.1 Å². The Balaban J connectivity index is 1.37. The molecule has 1 N–H and O–H groups in total. The summed E-state index contributed by atoms with van der Waals surface area (Å²) in [7, 11) is 2.20. The van der Waals surface area contributed by atoms with E-state index in [-0.39, 0.29) is 0 Å². The molecular formula is C37H28N2. The average molecular weight is 501 g/mol. The maximum absolute atomic E-state index is 3.77. The largest absolute Gasteiger partial charge is 0.354 e. The monoisotopic (exact) mass is 500 g/mol. The molecule has 0 saturated heterocycles. The van der Waals surface area contributed by atoms with Crippen LogP contribution in [0.15, 0.2) is 109 Å². The molecule has 0 saturated carbocycles. The normalized spacial score (nSPS) is 12.2. The fourth-order valence-corrected chi connectivity index (χ4v) is 6.36. The summed E-state index contributed by atoms with van der Waals surface area (Å²) in [5.74, 6) is 0. The van der Waals surface area contributed by atoms with Crippen LogP contribution in [0.3, 0.4) is 0 Å². The molecule has 0 bridgehead atoms. The quantitative estimate of drug-likeness (QED) is 0.250. The van der Waals surface area contributed by atoms with Crippen LogP contribution in [0, 0.1) is 13.8 Å². The standard InChI is InChI=1S/C37H28N2/c1-22-7-11-24(12-8-22)26-15-17-28-31-21-35-37(30-5-4-6-32(36(30)31)38-33(28)19-26)29-18-16-27(20-34(29)39(35)3)25-13-9-23(2)10-14-25/h4-21,38H,1-3H3. The number of anilines is 2. The highest BCUT2D eigenvalue weighted by molar-refractivity contribution is 6.27. The lowest BCUT2D eigenvalue weighted by Gasteiger charge is -2.24. The predicted octanol–water partition coefficient (Wildman–Crippen LogP) is 10.2. The van der Waals surface area contributed by atoms with Crippen molar-refractivity contribution in [1.82, 2.24) is 4.57 Å². The van der Waals surface area contributed by atoms with Crippen molar-refractivity contribution < 1.29 is 0 Å². The molecule has 7 aromatic rings. The van der Waals surface area contributed by atoms with Crippen molar-refractivity contribution in [2.45, 2.75) is 13.8 Å². The maximum Gasteiger partial charge on any atom is 0.0501 e. The van der Waals surface area contributed by atoms with Gasteiger partial charge in [-0.2, -0.15) is 0 Å². The maximum atomic E-state index is 3.77. The molecule has 186 valence electrons. The lowest BCUT2D eigenvalue weighted by atomic mass is 9.89. The van der Waals surface area contributed by atoms with Gasteiger partial charge in [0, 0.05) is 45.7 Å². The minimum absolute atomic E-state index is 1.16. The number of fused-ring (bicyclic) bond motifs is 6. The molecule has 2 heterocycles. The van der Waals surface area contributed by atoms with E-state index in [0.29, 0.717) is 0 Å². The number of nitrogens with zero attached hydrogens (tertiary/aromatic N) is 1. The van der Waals surface area contributed by atoms with Crippen LogP contribution in [-0.4, -0.2) is 4.57 Å². The van der Waals surface area contributed by atoms with Gasteiger partial charge < -0.3 is 9.88 Å². The number of benzene rings is 6. The van der Waals surface area contributed by atoms with Crippen LogP contribution < -0.4 is 5.32 Å². The first-order valence-electron chi connectivity index (χ1n) is 13.6. The molecule has 0 fully saturated rings. The first-order chi connectivity index (χ1) is 19.0. The molecule has 0 spiro atoms. The van der Waals surface area contributed by atoms with E-state index in [1.807, 2.05) is 0 Å². The molecule has 2 heteroatoms. The van der Waals surface area contributed by atoms with Crippen LogP contribution in [0.1, 0.15) is 11.1 Å². The number of rotatable bonds is 2. The second-order valence-electron chi connectivity index (χ2n) is 11.0. The third-order valence-corrected chi connectivity index (χ3v) is 8.48. The Bertz CT molecular complexity index is 2090. The van der Waals surface area contributed by atoms with E-state index in [4.69, 9.17) is 0 Å². The summed E-state index contributed by atoms with van der Waals surface area (Å²) in [4.78, 5) is 0. The molecule has 0 unspecified atom stereocenters. The SMILES string of the molecule is Cc1ccc(-c2ccc3c(c2)Nc2cccc4c2c-3cc2c4c3ccc(-c4ccc(C)cc4)cc3n2C)cc1. The molecular weight excluding hydrogens is 472 g/mol. The van der Waals surface area contributed by atoms with E-state index in [0.717, 1.165) is 5.69 Å². The second kappa shape index (κ2) is 8.09. The fourth-order valence-electron chi connectivity index (χ4n) is 6.36. The van der Waals surface area contributed by atoms with E-state index >= 15 is 0 Å². The van der Waals surface area contributed by atoms with Gasteiger partial charge >= 0.3 is 0 Å². The third kappa shape index (κ3) is 3.28. The third-order valence-electron chi connectivity index (χ3n) is 8.48. The Hall–Kier alpha value is -4.82. The Morgan fingerprint density at radius 2 is 1.13 bits per heavy atom. The Kier molecular flexibility index (Phi) is 4.60. The molecule has 8 rings (SSSR count). The smallest absolute Gasteiger partial charge is 0.0501 e. The van der Waals surface area contributed by atoms with Gasteiger partial charge in [0.2, 0.25) is 0 Å². The lowest BCUT2D eigenvalue weighted by molar-refractivity contribution is 1.01. The minimum Gasteiger partial charge on any atom is -0.354 e.